The highest BCUT2D eigenvalue weighted by Crippen LogP contribution is 2.12. The second kappa shape index (κ2) is 6.39. The first-order chi connectivity index (χ1) is 8.38. The second-order valence-corrected chi connectivity index (χ2v) is 4.32. The van der Waals surface area contributed by atoms with Gasteiger partial charge in [-0.25, -0.2) is 0 Å². The first-order valence-corrected chi connectivity index (χ1v) is 5.91. The predicted octanol–water partition coefficient (Wildman–Crippen LogP) is 1.55. The minimum Gasteiger partial charge on any atom is -0.351 e. The van der Waals surface area contributed by atoms with Gasteiger partial charge in [0, 0.05) is 13.0 Å². The summed E-state index contributed by atoms with van der Waals surface area (Å²) in [6.07, 6.45) is -4.61. The molecule has 100 valence electrons. The first kappa shape index (κ1) is 14.5. The maximum Gasteiger partial charge on any atom is 0.405 e. The molecule has 1 aromatic rings. The van der Waals surface area contributed by atoms with Crippen LogP contribution in [0, 0.1) is 0 Å². The van der Waals surface area contributed by atoms with Gasteiger partial charge in [-0.2, -0.15) is 13.2 Å². The van der Waals surface area contributed by atoms with Crippen molar-refractivity contribution in [1.29, 1.82) is 0 Å². The molecule has 0 aliphatic rings. The van der Waals surface area contributed by atoms with Gasteiger partial charge in [0.2, 0.25) is 5.91 Å². The molecule has 0 atom stereocenters. The van der Waals surface area contributed by atoms with Gasteiger partial charge >= 0.3 is 6.18 Å². The van der Waals surface area contributed by atoms with Crippen molar-refractivity contribution in [3.63, 3.8) is 0 Å². The van der Waals surface area contributed by atoms with E-state index in [-0.39, 0.29) is 18.9 Å². The Morgan fingerprint density at radius 2 is 2.00 bits per heavy atom. The highest BCUT2D eigenvalue weighted by atomic mass is 32.1. The molecular formula is C10H11F3N2O2S. The third-order valence-electron chi connectivity index (χ3n) is 1.87. The Morgan fingerprint density at radius 1 is 1.28 bits per heavy atom. The van der Waals surface area contributed by atoms with E-state index in [1.807, 2.05) is 0 Å². The first-order valence-electron chi connectivity index (χ1n) is 5.03. The van der Waals surface area contributed by atoms with Crippen LogP contribution in [0.1, 0.15) is 16.1 Å². The van der Waals surface area contributed by atoms with E-state index >= 15 is 0 Å². The normalized spacial score (nSPS) is 11.1. The van der Waals surface area contributed by atoms with Crippen molar-refractivity contribution in [3.8, 4) is 0 Å². The number of halogens is 3. The van der Waals surface area contributed by atoms with Crippen molar-refractivity contribution in [2.75, 3.05) is 13.1 Å². The number of carbonyl (C=O) groups excluding carboxylic acids is 2. The van der Waals surface area contributed by atoms with Gasteiger partial charge in [0.05, 0.1) is 4.88 Å². The number of nitrogens with one attached hydrogen (secondary N) is 2. The fourth-order valence-electron chi connectivity index (χ4n) is 1.07. The Morgan fingerprint density at radius 3 is 2.56 bits per heavy atom. The van der Waals surface area contributed by atoms with Crippen molar-refractivity contribution in [3.05, 3.63) is 22.4 Å². The number of hydrogen-bond donors (Lipinski definition) is 2. The molecule has 1 rings (SSSR count). The fourth-order valence-corrected chi connectivity index (χ4v) is 1.71. The van der Waals surface area contributed by atoms with E-state index in [2.05, 4.69) is 5.32 Å². The molecule has 0 radical (unpaired) electrons. The van der Waals surface area contributed by atoms with Crippen molar-refractivity contribution in [2.45, 2.75) is 12.6 Å². The Bertz CT molecular complexity index is 404. The van der Waals surface area contributed by atoms with Crippen LogP contribution in [0.5, 0.6) is 0 Å². The van der Waals surface area contributed by atoms with Gasteiger partial charge in [-0.3, -0.25) is 9.59 Å². The molecule has 0 aromatic carbocycles. The zero-order chi connectivity index (χ0) is 13.6. The van der Waals surface area contributed by atoms with Gasteiger partial charge < -0.3 is 10.6 Å². The summed E-state index contributed by atoms with van der Waals surface area (Å²) in [5.41, 5.74) is 0. The van der Waals surface area contributed by atoms with E-state index in [0.717, 1.165) is 0 Å². The third kappa shape index (κ3) is 5.67. The fraction of sp³-hybridized carbons (Fsp3) is 0.400. The molecule has 0 saturated carbocycles. The quantitative estimate of drug-likeness (QED) is 0.859. The maximum absolute atomic E-state index is 11.8. The van der Waals surface area contributed by atoms with Crippen LogP contribution in [0.4, 0.5) is 13.2 Å². The average molecular weight is 280 g/mol. The summed E-state index contributed by atoms with van der Waals surface area (Å²) in [5.74, 6) is -1.09. The monoisotopic (exact) mass is 280 g/mol. The molecule has 0 bridgehead atoms. The summed E-state index contributed by atoms with van der Waals surface area (Å²) >= 11 is 1.24. The molecule has 1 heterocycles. The van der Waals surface area contributed by atoms with Crippen LogP contribution in [0.3, 0.4) is 0 Å². The average Bonchev–Trinajstić information content (AvgIpc) is 2.78. The maximum atomic E-state index is 11.8. The number of amides is 2. The summed E-state index contributed by atoms with van der Waals surface area (Å²) in [6, 6.07) is 3.32. The third-order valence-corrected chi connectivity index (χ3v) is 2.74. The van der Waals surface area contributed by atoms with Crippen molar-refractivity contribution in [2.24, 2.45) is 0 Å². The van der Waals surface area contributed by atoms with Crippen molar-refractivity contribution >= 4 is 23.2 Å². The lowest BCUT2D eigenvalue weighted by atomic mass is 10.3. The van der Waals surface area contributed by atoms with E-state index in [1.165, 1.54) is 11.3 Å². The molecule has 8 heteroatoms. The van der Waals surface area contributed by atoms with Crippen LogP contribution in [0.25, 0.3) is 0 Å². The molecule has 0 saturated heterocycles. The highest BCUT2D eigenvalue weighted by Gasteiger charge is 2.27. The van der Waals surface area contributed by atoms with Crippen molar-refractivity contribution < 1.29 is 22.8 Å². The Kier molecular flexibility index (Phi) is 5.14. The highest BCUT2D eigenvalue weighted by molar-refractivity contribution is 7.12. The number of alkyl halides is 3. The van der Waals surface area contributed by atoms with Gasteiger partial charge in [0.25, 0.3) is 5.91 Å². The van der Waals surface area contributed by atoms with E-state index in [4.69, 9.17) is 0 Å². The van der Waals surface area contributed by atoms with Crippen LogP contribution in [-0.4, -0.2) is 31.1 Å². The topological polar surface area (TPSA) is 58.2 Å². The molecule has 2 N–H and O–H groups in total. The lowest BCUT2D eigenvalue weighted by Gasteiger charge is -2.08. The summed E-state index contributed by atoms with van der Waals surface area (Å²) in [4.78, 5) is 22.9. The van der Waals surface area contributed by atoms with Gasteiger partial charge in [0.1, 0.15) is 6.54 Å². The molecule has 0 aliphatic carbocycles. The summed E-state index contributed by atoms with van der Waals surface area (Å²) < 4.78 is 35.3. The largest absolute Gasteiger partial charge is 0.405 e. The van der Waals surface area contributed by atoms with Crippen LogP contribution >= 0.6 is 11.3 Å². The number of rotatable bonds is 5. The lowest BCUT2D eigenvalue weighted by molar-refractivity contribution is -0.138. The minimum atomic E-state index is -4.42. The standard InChI is InChI=1S/C10H11F3N2O2S/c11-10(12,13)6-15-8(16)3-4-14-9(17)7-2-1-5-18-7/h1-2,5H,3-4,6H2,(H,14,17)(H,15,16). The van der Waals surface area contributed by atoms with Gasteiger partial charge in [-0.15, -0.1) is 11.3 Å². The molecule has 18 heavy (non-hydrogen) atoms. The lowest BCUT2D eigenvalue weighted by Crippen LogP contribution is -2.36. The van der Waals surface area contributed by atoms with Crippen LogP contribution in [-0.2, 0) is 4.79 Å². The predicted molar refractivity (Wildman–Crippen MR) is 60.3 cm³/mol. The summed E-state index contributed by atoms with van der Waals surface area (Å²) in [6.45, 7) is -1.36. The van der Waals surface area contributed by atoms with E-state index < -0.39 is 18.6 Å². The molecule has 2 amide bonds. The summed E-state index contributed by atoms with van der Waals surface area (Å²) in [5, 5.41) is 5.89. The number of carbonyl (C=O) groups is 2. The molecule has 0 unspecified atom stereocenters. The van der Waals surface area contributed by atoms with Crippen LogP contribution < -0.4 is 10.6 Å². The molecular weight excluding hydrogens is 269 g/mol. The van der Waals surface area contributed by atoms with Crippen LogP contribution in [0.15, 0.2) is 17.5 Å². The molecule has 0 spiro atoms. The Hall–Kier alpha value is -1.57. The van der Waals surface area contributed by atoms with E-state index in [9.17, 15) is 22.8 Å². The Balaban J connectivity index is 2.18. The number of hydrogen-bond acceptors (Lipinski definition) is 3. The molecule has 0 fully saturated rings. The van der Waals surface area contributed by atoms with Crippen molar-refractivity contribution in [1.82, 2.24) is 10.6 Å². The van der Waals surface area contributed by atoms with Gasteiger partial charge in [-0.05, 0) is 11.4 Å². The van der Waals surface area contributed by atoms with E-state index in [1.54, 1.807) is 22.8 Å². The van der Waals surface area contributed by atoms with Crippen LogP contribution in [0.2, 0.25) is 0 Å². The number of thiophene rings is 1. The second-order valence-electron chi connectivity index (χ2n) is 3.38. The molecule has 0 aliphatic heterocycles. The Labute approximate surface area is 105 Å². The zero-order valence-corrected chi connectivity index (χ0v) is 10.0. The zero-order valence-electron chi connectivity index (χ0n) is 9.21. The minimum absolute atomic E-state index is 0.000420. The van der Waals surface area contributed by atoms with Gasteiger partial charge in [0.15, 0.2) is 0 Å². The SMILES string of the molecule is O=C(CCNC(=O)c1cccs1)NCC(F)(F)F. The summed E-state index contributed by atoms with van der Waals surface area (Å²) in [7, 11) is 0. The molecule has 1 aromatic heterocycles. The van der Waals surface area contributed by atoms with E-state index in [0.29, 0.717) is 4.88 Å². The molecule has 4 nitrogen and oxygen atoms in total. The smallest absolute Gasteiger partial charge is 0.351 e. The van der Waals surface area contributed by atoms with Gasteiger partial charge in [-0.1, -0.05) is 6.07 Å².